The van der Waals surface area contributed by atoms with Gasteiger partial charge in [0, 0.05) is 10.8 Å². The van der Waals surface area contributed by atoms with Gasteiger partial charge in [0.05, 0.1) is 0 Å². The lowest BCUT2D eigenvalue weighted by atomic mass is 9.50. The molecule has 3 nitrogen and oxygen atoms in total. The molecule has 0 saturated heterocycles. The van der Waals surface area contributed by atoms with Crippen molar-refractivity contribution in [2.45, 2.75) is 77.0 Å². The van der Waals surface area contributed by atoms with Crippen molar-refractivity contribution >= 4 is 6.16 Å². The molecule has 0 aliphatic heterocycles. The fourth-order valence-electron chi connectivity index (χ4n) is 9.40. The van der Waals surface area contributed by atoms with Gasteiger partial charge >= 0.3 is 6.16 Å². The zero-order valence-electron chi connectivity index (χ0n) is 16.1. The minimum absolute atomic E-state index is 0.300. The summed E-state index contributed by atoms with van der Waals surface area (Å²) in [5.41, 5.74) is 0.600. The molecule has 8 aliphatic rings. The molecule has 0 N–H and O–H groups in total. The molecule has 26 heavy (non-hydrogen) atoms. The van der Waals surface area contributed by atoms with Crippen molar-refractivity contribution in [3.8, 4) is 0 Å². The Labute approximate surface area is 157 Å². The maximum Gasteiger partial charge on any atom is 0.508 e. The Balaban J connectivity index is 1.04. The quantitative estimate of drug-likeness (QED) is 0.616. The molecule has 0 spiro atoms. The van der Waals surface area contributed by atoms with E-state index in [4.69, 9.17) is 9.47 Å². The van der Waals surface area contributed by atoms with Gasteiger partial charge in [-0.1, -0.05) is 0 Å². The zero-order chi connectivity index (χ0) is 17.4. The molecule has 0 aromatic carbocycles. The maximum absolute atomic E-state index is 12.4. The predicted octanol–water partition coefficient (Wildman–Crippen LogP) is 5.57. The Bertz CT molecular complexity index is 474. The average molecular weight is 359 g/mol. The number of hydrogen-bond donors (Lipinski definition) is 0. The van der Waals surface area contributed by atoms with E-state index in [1.54, 1.807) is 0 Å². The lowest BCUT2D eigenvalue weighted by Crippen LogP contribution is -2.49. The van der Waals surface area contributed by atoms with Crippen LogP contribution in [-0.4, -0.2) is 19.4 Å². The number of carbonyl (C=O) groups is 1. The number of rotatable bonds is 4. The van der Waals surface area contributed by atoms with Crippen LogP contribution in [0, 0.1) is 46.3 Å². The summed E-state index contributed by atoms with van der Waals surface area (Å²) in [5.74, 6) is 5.46. The highest BCUT2D eigenvalue weighted by molar-refractivity contribution is 5.60. The summed E-state index contributed by atoms with van der Waals surface area (Å²) < 4.78 is 11.5. The molecular formula is C23H34O3. The molecule has 0 unspecified atom stereocenters. The number of ether oxygens (including phenoxy) is 2. The lowest BCUT2D eigenvalue weighted by molar-refractivity contribution is -0.107. The van der Waals surface area contributed by atoms with Crippen LogP contribution in [0.4, 0.5) is 4.79 Å². The van der Waals surface area contributed by atoms with Gasteiger partial charge in [-0.05, 0) is 113 Å². The van der Waals surface area contributed by atoms with E-state index in [1.165, 1.54) is 77.0 Å². The third-order valence-electron chi connectivity index (χ3n) is 9.32. The van der Waals surface area contributed by atoms with E-state index in [2.05, 4.69) is 0 Å². The summed E-state index contributed by atoms with van der Waals surface area (Å²) in [5, 5.41) is 0. The SMILES string of the molecule is O=C(OCC12CC3CC(CC(C3)C1)C2)OCC12CC3CC(CC(C3)C1)C2. The van der Waals surface area contributed by atoms with Crippen molar-refractivity contribution in [3.63, 3.8) is 0 Å². The molecule has 8 rings (SSSR count). The topological polar surface area (TPSA) is 35.5 Å². The Morgan fingerprint density at radius 1 is 0.577 bits per heavy atom. The second-order valence-corrected chi connectivity index (χ2v) is 11.7. The summed E-state index contributed by atoms with van der Waals surface area (Å²) in [4.78, 5) is 12.4. The minimum Gasteiger partial charge on any atom is -0.434 e. The van der Waals surface area contributed by atoms with Gasteiger partial charge in [-0.15, -0.1) is 0 Å². The van der Waals surface area contributed by atoms with Crippen molar-refractivity contribution in [2.75, 3.05) is 13.2 Å². The third kappa shape index (κ3) is 2.71. The summed E-state index contributed by atoms with van der Waals surface area (Å²) >= 11 is 0. The lowest BCUT2D eigenvalue weighted by Gasteiger charge is -2.56. The zero-order valence-corrected chi connectivity index (χ0v) is 16.1. The predicted molar refractivity (Wildman–Crippen MR) is 98.5 cm³/mol. The molecule has 0 aromatic rings. The number of carbonyl (C=O) groups excluding carboxylic acids is 1. The molecule has 0 amide bonds. The molecule has 0 aromatic heterocycles. The highest BCUT2D eigenvalue weighted by Crippen LogP contribution is 2.61. The van der Waals surface area contributed by atoms with Crippen LogP contribution in [0.2, 0.25) is 0 Å². The molecule has 8 saturated carbocycles. The van der Waals surface area contributed by atoms with Crippen molar-refractivity contribution in [2.24, 2.45) is 46.3 Å². The van der Waals surface area contributed by atoms with Gasteiger partial charge in [0.15, 0.2) is 0 Å². The summed E-state index contributed by atoms with van der Waals surface area (Å²) in [6.45, 7) is 1.24. The Morgan fingerprint density at radius 2 is 0.846 bits per heavy atom. The smallest absolute Gasteiger partial charge is 0.434 e. The van der Waals surface area contributed by atoms with Crippen LogP contribution < -0.4 is 0 Å². The summed E-state index contributed by atoms with van der Waals surface area (Å²) in [6, 6.07) is 0. The highest BCUT2D eigenvalue weighted by atomic mass is 16.7. The van der Waals surface area contributed by atoms with Crippen LogP contribution in [0.5, 0.6) is 0 Å². The largest absolute Gasteiger partial charge is 0.508 e. The first-order valence-electron chi connectivity index (χ1n) is 11.4. The summed E-state index contributed by atoms with van der Waals surface area (Å²) in [6.07, 6.45) is 16.0. The van der Waals surface area contributed by atoms with Crippen LogP contribution in [0.1, 0.15) is 77.0 Å². The van der Waals surface area contributed by atoms with E-state index in [0.29, 0.717) is 24.0 Å². The van der Waals surface area contributed by atoms with E-state index in [1.807, 2.05) is 0 Å². The minimum atomic E-state index is -0.378. The molecule has 0 radical (unpaired) electrons. The molecule has 0 heterocycles. The first-order chi connectivity index (χ1) is 12.6. The van der Waals surface area contributed by atoms with E-state index in [-0.39, 0.29) is 6.16 Å². The molecule has 8 fully saturated rings. The van der Waals surface area contributed by atoms with Gasteiger partial charge in [0.2, 0.25) is 0 Å². The fourth-order valence-corrected chi connectivity index (χ4v) is 9.40. The number of hydrogen-bond acceptors (Lipinski definition) is 3. The Kier molecular flexibility index (Phi) is 3.52. The van der Waals surface area contributed by atoms with Crippen molar-refractivity contribution in [1.29, 1.82) is 0 Å². The van der Waals surface area contributed by atoms with Crippen LogP contribution >= 0.6 is 0 Å². The molecule has 8 aliphatic carbocycles. The normalized spacial score (nSPS) is 53.1. The molecule has 8 bridgehead atoms. The monoisotopic (exact) mass is 358 g/mol. The van der Waals surface area contributed by atoms with Gasteiger partial charge in [-0.2, -0.15) is 0 Å². The van der Waals surface area contributed by atoms with Crippen molar-refractivity contribution in [3.05, 3.63) is 0 Å². The van der Waals surface area contributed by atoms with E-state index >= 15 is 0 Å². The van der Waals surface area contributed by atoms with Crippen LogP contribution in [0.15, 0.2) is 0 Å². The van der Waals surface area contributed by atoms with Crippen molar-refractivity contribution < 1.29 is 14.3 Å². The van der Waals surface area contributed by atoms with Crippen LogP contribution in [0.3, 0.4) is 0 Å². The van der Waals surface area contributed by atoms with Gasteiger partial charge < -0.3 is 9.47 Å². The Hall–Kier alpha value is -0.730. The molecular weight excluding hydrogens is 324 g/mol. The molecule has 3 heteroatoms. The molecule has 144 valence electrons. The third-order valence-corrected chi connectivity index (χ3v) is 9.32. The first-order valence-corrected chi connectivity index (χ1v) is 11.4. The maximum atomic E-state index is 12.4. The second kappa shape index (κ2) is 5.64. The molecule has 0 atom stereocenters. The van der Waals surface area contributed by atoms with Gasteiger partial charge in [0.25, 0.3) is 0 Å². The van der Waals surface area contributed by atoms with Crippen molar-refractivity contribution in [1.82, 2.24) is 0 Å². The summed E-state index contributed by atoms with van der Waals surface area (Å²) in [7, 11) is 0. The van der Waals surface area contributed by atoms with Gasteiger partial charge in [-0.3, -0.25) is 0 Å². The van der Waals surface area contributed by atoms with Gasteiger partial charge in [0.1, 0.15) is 13.2 Å². The van der Waals surface area contributed by atoms with Crippen LogP contribution in [-0.2, 0) is 9.47 Å². The van der Waals surface area contributed by atoms with E-state index in [0.717, 1.165) is 35.5 Å². The Morgan fingerprint density at radius 3 is 1.12 bits per heavy atom. The van der Waals surface area contributed by atoms with E-state index < -0.39 is 0 Å². The standard InChI is InChI=1S/C23H34O3/c24-21(25-13-22-7-15-1-16(8-22)3-17(2-15)9-22)26-14-23-10-18-4-19(11-23)6-20(5-18)12-23/h15-20H,1-14H2. The van der Waals surface area contributed by atoms with Gasteiger partial charge in [-0.25, -0.2) is 4.79 Å². The second-order valence-electron chi connectivity index (χ2n) is 11.7. The average Bonchev–Trinajstić information content (AvgIpc) is 2.56. The fraction of sp³-hybridized carbons (Fsp3) is 0.957. The van der Waals surface area contributed by atoms with E-state index in [9.17, 15) is 4.79 Å². The highest BCUT2D eigenvalue weighted by Gasteiger charge is 2.53. The van der Waals surface area contributed by atoms with Crippen LogP contribution in [0.25, 0.3) is 0 Å². The first kappa shape index (κ1) is 16.2.